The van der Waals surface area contributed by atoms with Gasteiger partial charge < -0.3 is 5.32 Å². The molecule has 0 saturated carbocycles. The van der Waals surface area contributed by atoms with Crippen LogP contribution >= 0.6 is 23.7 Å². The van der Waals surface area contributed by atoms with Crippen molar-refractivity contribution in [2.24, 2.45) is 0 Å². The van der Waals surface area contributed by atoms with Crippen molar-refractivity contribution in [2.75, 3.05) is 18.4 Å². The molecule has 1 amide bonds. The average molecular weight is 404 g/mol. The van der Waals surface area contributed by atoms with Gasteiger partial charge in [-0.3, -0.25) is 14.8 Å². The molecule has 0 aliphatic carbocycles. The quantitative estimate of drug-likeness (QED) is 0.686. The standard InChI is InChI=1S/C19H21N5OS.ClH/c25-17(19(7-10-20-11-8-19)24-12-4-9-22-24)23-18-21-14-16(26-18)13-15-5-2-1-3-6-15;/h1-6,9,12,14,20H,7-8,10-11,13H2,(H,21,23,25);1H. The minimum absolute atomic E-state index is 0. The molecule has 1 fully saturated rings. The predicted octanol–water partition coefficient (Wildman–Crippen LogP) is 3.07. The van der Waals surface area contributed by atoms with Crippen LogP contribution in [0.3, 0.4) is 0 Å². The lowest BCUT2D eigenvalue weighted by Gasteiger charge is -2.36. The van der Waals surface area contributed by atoms with E-state index in [0.29, 0.717) is 18.0 Å². The van der Waals surface area contributed by atoms with Crippen molar-refractivity contribution in [3.63, 3.8) is 0 Å². The van der Waals surface area contributed by atoms with E-state index in [-0.39, 0.29) is 18.3 Å². The van der Waals surface area contributed by atoms with Gasteiger partial charge in [0.25, 0.3) is 5.91 Å². The van der Waals surface area contributed by atoms with Crippen LogP contribution in [0.5, 0.6) is 0 Å². The van der Waals surface area contributed by atoms with Crippen molar-refractivity contribution < 1.29 is 4.79 Å². The van der Waals surface area contributed by atoms with Gasteiger partial charge in [0.15, 0.2) is 5.13 Å². The summed E-state index contributed by atoms with van der Waals surface area (Å²) in [7, 11) is 0. The van der Waals surface area contributed by atoms with Gasteiger partial charge in [-0.25, -0.2) is 4.98 Å². The summed E-state index contributed by atoms with van der Waals surface area (Å²) in [6.07, 6.45) is 7.68. The number of piperidine rings is 1. The molecule has 8 heteroatoms. The number of nitrogens with zero attached hydrogens (tertiary/aromatic N) is 3. The van der Waals surface area contributed by atoms with Crippen LogP contribution in [-0.4, -0.2) is 33.8 Å². The van der Waals surface area contributed by atoms with E-state index >= 15 is 0 Å². The lowest BCUT2D eigenvalue weighted by Crippen LogP contribution is -2.52. The van der Waals surface area contributed by atoms with Crippen LogP contribution in [0.2, 0.25) is 0 Å². The summed E-state index contributed by atoms with van der Waals surface area (Å²) in [5.74, 6) is -0.0386. The van der Waals surface area contributed by atoms with Gasteiger partial charge in [-0.1, -0.05) is 30.3 Å². The zero-order valence-corrected chi connectivity index (χ0v) is 16.4. The van der Waals surface area contributed by atoms with E-state index in [1.54, 1.807) is 10.9 Å². The molecule has 1 aliphatic heterocycles. The lowest BCUT2D eigenvalue weighted by atomic mass is 9.87. The Kier molecular flexibility index (Phi) is 6.26. The second kappa shape index (κ2) is 8.65. The van der Waals surface area contributed by atoms with Crippen LogP contribution in [0.1, 0.15) is 23.3 Å². The first kappa shape index (κ1) is 19.5. The van der Waals surface area contributed by atoms with E-state index < -0.39 is 5.54 Å². The minimum Gasteiger partial charge on any atom is -0.317 e. The van der Waals surface area contributed by atoms with E-state index in [1.165, 1.54) is 16.9 Å². The van der Waals surface area contributed by atoms with E-state index in [2.05, 4.69) is 32.8 Å². The molecule has 2 aromatic heterocycles. The largest absolute Gasteiger partial charge is 0.317 e. The third-order valence-electron chi connectivity index (χ3n) is 4.79. The number of nitrogens with one attached hydrogen (secondary N) is 2. The number of hydrogen-bond donors (Lipinski definition) is 2. The Labute approximate surface area is 168 Å². The highest BCUT2D eigenvalue weighted by molar-refractivity contribution is 7.15. The number of halogens is 1. The topological polar surface area (TPSA) is 71.8 Å². The third kappa shape index (κ3) is 4.21. The van der Waals surface area contributed by atoms with Crippen LogP contribution in [0, 0.1) is 0 Å². The maximum absolute atomic E-state index is 13.1. The molecule has 0 spiro atoms. The van der Waals surface area contributed by atoms with E-state index in [4.69, 9.17) is 0 Å². The number of benzene rings is 1. The van der Waals surface area contributed by atoms with Gasteiger partial charge in [-0.05, 0) is 37.6 Å². The van der Waals surface area contributed by atoms with E-state index in [9.17, 15) is 4.79 Å². The highest BCUT2D eigenvalue weighted by atomic mass is 35.5. The number of anilines is 1. The van der Waals surface area contributed by atoms with Crippen molar-refractivity contribution >= 4 is 34.8 Å². The van der Waals surface area contributed by atoms with Gasteiger partial charge in [0.2, 0.25) is 0 Å². The van der Waals surface area contributed by atoms with Crippen LogP contribution in [0.25, 0.3) is 0 Å². The molecule has 1 aliphatic rings. The molecule has 4 rings (SSSR count). The number of carbonyl (C=O) groups excluding carboxylic acids is 1. The summed E-state index contributed by atoms with van der Waals surface area (Å²) in [4.78, 5) is 18.7. The number of hydrogen-bond acceptors (Lipinski definition) is 5. The van der Waals surface area contributed by atoms with E-state index in [0.717, 1.165) is 24.4 Å². The average Bonchev–Trinajstić information content (AvgIpc) is 3.36. The smallest absolute Gasteiger partial charge is 0.254 e. The van der Waals surface area contributed by atoms with Gasteiger partial charge in [0, 0.05) is 29.9 Å². The van der Waals surface area contributed by atoms with E-state index in [1.807, 2.05) is 36.7 Å². The Morgan fingerprint density at radius 2 is 2.00 bits per heavy atom. The first-order chi connectivity index (χ1) is 12.8. The minimum atomic E-state index is -0.653. The van der Waals surface area contributed by atoms with Crippen molar-refractivity contribution in [1.82, 2.24) is 20.1 Å². The second-order valence-electron chi connectivity index (χ2n) is 6.48. The molecular weight excluding hydrogens is 382 g/mol. The number of thiazole rings is 1. The zero-order chi connectivity index (χ0) is 17.8. The van der Waals surface area contributed by atoms with Gasteiger partial charge in [-0.15, -0.1) is 23.7 Å². The summed E-state index contributed by atoms with van der Waals surface area (Å²) >= 11 is 1.53. The Hall–Kier alpha value is -2.22. The summed E-state index contributed by atoms with van der Waals surface area (Å²) < 4.78 is 1.79. The molecular formula is C19H22ClN5OS. The number of carbonyl (C=O) groups is 1. The van der Waals surface area contributed by atoms with Crippen LogP contribution in [-0.2, 0) is 16.8 Å². The fourth-order valence-electron chi connectivity index (χ4n) is 3.38. The molecule has 1 saturated heterocycles. The monoisotopic (exact) mass is 403 g/mol. The first-order valence-corrected chi connectivity index (χ1v) is 9.59. The van der Waals surface area contributed by atoms with Crippen LogP contribution in [0.4, 0.5) is 5.13 Å². The van der Waals surface area contributed by atoms with Crippen molar-refractivity contribution in [3.8, 4) is 0 Å². The number of aromatic nitrogens is 3. The molecule has 3 heterocycles. The first-order valence-electron chi connectivity index (χ1n) is 8.77. The van der Waals surface area contributed by atoms with Gasteiger partial charge in [0.1, 0.15) is 5.54 Å². The molecule has 2 N–H and O–H groups in total. The highest BCUT2D eigenvalue weighted by Crippen LogP contribution is 2.30. The maximum Gasteiger partial charge on any atom is 0.254 e. The normalized spacial score (nSPS) is 15.7. The van der Waals surface area contributed by atoms with Crippen molar-refractivity contribution in [2.45, 2.75) is 24.8 Å². The lowest BCUT2D eigenvalue weighted by molar-refractivity contribution is -0.126. The van der Waals surface area contributed by atoms with Gasteiger partial charge in [-0.2, -0.15) is 5.10 Å². The summed E-state index contributed by atoms with van der Waals surface area (Å²) in [5, 5.41) is 11.3. The molecule has 0 atom stereocenters. The summed E-state index contributed by atoms with van der Waals surface area (Å²) in [6.45, 7) is 1.59. The molecule has 0 unspecified atom stereocenters. The SMILES string of the molecule is Cl.O=C(Nc1ncc(Cc2ccccc2)s1)C1(n2cccn2)CCNCC1. The fraction of sp³-hybridized carbons (Fsp3) is 0.316. The fourth-order valence-corrected chi connectivity index (χ4v) is 4.22. The van der Waals surface area contributed by atoms with Crippen LogP contribution < -0.4 is 10.6 Å². The summed E-state index contributed by atoms with van der Waals surface area (Å²) in [6, 6.07) is 12.1. The van der Waals surface area contributed by atoms with Crippen LogP contribution in [0.15, 0.2) is 55.0 Å². The molecule has 1 aromatic carbocycles. The van der Waals surface area contributed by atoms with Crippen molar-refractivity contribution in [1.29, 1.82) is 0 Å². The van der Waals surface area contributed by atoms with Gasteiger partial charge in [0.05, 0.1) is 0 Å². The maximum atomic E-state index is 13.1. The van der Waals surface area contributed by atoms with Gasteiger partial charge >= 0.3 is 0 Å². The molecule has 0 radical (unpaired) electrons. The molecule has 6 nitrogen and oxygen atoms in total. The number of amides is 1. The molecule has 0 bridgehead atoms. The third-order valence-corrected chi connectivity index (χ3v) is 5.70. The zero-order valence-electron chi connectivity index (χ0n) is 14.8. The second-order valence-corrected chi connectivity index (χ2v) is 7.60. The molecule has 3 aromatic rings. The Bertz CT molecular complexity index is 859. The Morgan fingerprint density at radius 3 is 2.70 bits per heavy atom. The Balaban J connectivity index is 0.00000210. The highest BCUT2D eigenvalue weighted by Gasteiger charge is 2.42. The Morgan fingerprint density at radius 1 is 1.22 bits per heavy atom. The summed E-state index contributed by atoms with van der Waals surface area (Å²) in [5.41, 5.74) is 0.584. The van der Waals surface area contributed by atoms with Crippen molar-refractivity contribution in [3.05, 3.63) is 65.4 Å². The number of rotatable bonds is 5. The molecule has 142 valence electrons. The molecule has 27 heavy (non-hydrogen) atoms. The predicted molar refractivity (Wildman–Crippen MR) is 110 cm³/mol.